The molecule has 2 aliphatic heterocycles. The van der Waals surface area contributed by atoms with Gasteiger partial charge in [0.2, 0.25) is 0 Å². The molecule has 0 amide bonds. The average molecular weight is 447 g/mol. The SMILES string of the molecule is CN=C(NCCCCn1ccnc1C)N1CCC2(CCOC2)C1.I. The third-order valence-corrected chi connectivity index (χ3v) is 5.17. The highest BCUT2D eigenvalue weighted by atomic mass is 127. The third-order valence-electron chi connectivity index (χ3n) is 5.17. The first kappa shape index (κ1) is 19.5. The molecule has 0 aliphatic carbocycles. The first-order chi connectivity index (χ1) is 11.2. The molecule has 24 heavy (non-hydrogen) atoms. The summed E-state index contributed by atoms with van der Waals surface area (Å²) in [4.78, 5) is 11.1. The molecule has 1 aromatic rings. The monoisotopic (exact) mass is 447 g/mol. The van der Waals surface area contributed by atoms with Crippen molar-refractivity contribution in [3.05, 3.63) is 18.2 Å². The van der Waals surface area contributed by atoms with E-state index < -0.39 is 0 Å². The van der Waals surface area contributed by atoms with E-state index in [0.29, 0.717) is 5.41 Å². The Morgan fingerprint density at radius 1 is 1.42 bits per heavy atom. The van der Waals surface area contributed by atoms with Gasteiger partial charge in [-0.1, -0.05) is 0 Å². The molecule has 136 valence electrons. The summed E-state index contributed by atoms with van der Waals surface area (Å²) in [5, 5.41) is 3.52. The van der Waals surface area contributed by atoms with Crippen LogP contribution in [0.2, 0.25) is 0 Å². The molecule has 1 unspecified atom stereocenters. The topological polar surface area (TPSA) is 54.7 Å². The van der Waals surface area contributed by atoms with E-state index in [2.05, 4.69) is 37.9 Å². The minimum Gasteiger partial charge on any atom is -0.381 e. The van der Waals surface area contributed by atoms with Crippen LogP contribution in [0.5, 0.6) is 0 Å². The van der Waals surface area contributed by atoms with Gasteiger partial charge in [0.25, 0.3) is 0 Å². The molecule has 2 aliphatic rings. The highest BCUT2D eigenvalue weighted by molar-refractivity contribution is 14.0. The van der Waals surface area contributed by atoms with E-state index in [1.807, 2.05) is 13.2 Å². The normalized spacial score (nSPS) is 23.8. The minimum atomic E-state index is 0. The van der Waals surface area contributed by atoms with E-state index in [4.69, 9.17) is 4.74 Å². The molecule has 0 saturated carbocycles. The van der Waals surface area contributed by atoms with Gasteiger partial charge >= 0.3 is 0 Å². The van der Waals surface area contributed by atoms with Crippen LogP contribution in [0, 0.1) is 12.3 Å². The number of rotatable bonds is 5. The number of imidazole rings is 1. The largest absolute Gasteiger partial charge is 0.381 e. The molecule has 0 radical (unpaired) electrons. The summed E-state index contributed by atoms with van der Waals surface area (Å²) in [6.45, 7) is 8.09. The van der Waals surface area contributed by atoms with Crippen molar-refractivity contribution >= 4 is 29.9 Å². The van der Waals surface area contributed by atoms with Crippen molar-refractivity contribution in [3.63, 3.8) is 0 Å². The molecule has 7 heteroatoms. The van der Waals surface area contributed by atoms with Gasteiger partial charge in [0.15, 0.2) is 5.96 Å². The minimum absolute atomic E-state index is 0. The number of ether oxygens (including phenoxy) is 1. The van der Waals surface area contributed by atoms with E-state index >= 15 is 0 Å². The molecular formula is C17H30IN5O. The van der Waals surface area contributed by atoms with Crippen molar-refractivity contribution in [2.45, 2.75) is 39.2 Å². The Bertz CT molecular complexity index is 539. The fourth-order valence-corrected chi connectivity index (χ4v) is 3.67. The van der Waals surface area contributed by atoms with Crippen LogP contribution in [0.15, 0.2) is 17.4 Å². The quantitative estimate of drug-likeness (QED) is 0.326. The predicted octanol–water partition coefficient (Wildman–Crippen LogP) is 2.28. The molecule has 1 aromatic heterocycles. The van der Waals surface area contributed by atoms with E-state index in [-0.39, 0.29) is 24.0 Å². The van der Waals surface area contributed by atoms with Gasteiger partial charge in [0.05, 0.1) is 6.61 Å². The molecule has 1 atom stereocenters. The molecular weight excluding hydrogens is 417 g/mol. The lowest BCUT2D eigenvalue weighted by atomic mass is 9.87. The van der Waals surface area contributed by atoms with Crippen LogP contribution in [-0.2, 0) is 11.3 Å². The number of aromatic nitrogens is 2. The summed E-state index contributed by atoms with van der Waals surface area (Å²) in [6.07, 6.45) is 8.64. The van der Waals surface area contributed by atoms with E-state index in [0.717, 1.165) is 64.0 Å². The lowest BCUT2D eigenvalue weighted by molar-refractivity contribution is 0.156. The second-order valence-electron chi connectivity index (χ2n) is 6.82. The first-order valence-corrected chi connectivity index (χ1v) is 8.74. The number of aryl methyl sites for hydroxylation is 2. The van der Waals surface area contributed by atoms with Gasteiger partial charge < -0.3 is 19.5 Å². The number of hydrogen-bond acceptors (Lipinski definition) is 3. The number of aliphatic imine (C=N–C) groups is 1. The fraction of sp³-hybridized carbons (Fsp3) is 0.765. The first-order valence-electron chi connectivity index (χ1n) is 8.74. The Morgan fingerprint density at radius 3 is 2.96 bits per heavy atom. The van der Waals surface area contributed by atoms with Gasteiger partial charge in [-0.05, 0) is 32.6 Å². The van der Waals surface area contributed by atoms with Crippen molar-refractivity contribution in [2.75, 3.05) is 39.9 Å². The van der Waals surface area contributed by atoms with Gasteiger partial charge in [-0.3, -0.25) is 4.99 Å². The highest BCUT2D eigenvalue weighted by Crippen LogP contribution is 2.38. The zero-order valence-electron chi connectivity index (χ0n) is 14.8. The van der Waals surface area contributed by atoms with E-state index in [1.165, 1.54) is 12.8 Å². The van der Waals surface area contributed by atoms with Gasteiger partial charge in [-0.25, -0.2) is 4.98 Å². The second-order valence-corrected chi connectivity index (χ2v) is 6.82. The molecule has 3 heterocycles. The van der Waals surface area contributed by atoms with Crippen LogP contribution in [0.1, 0.15) is 31.5 Å². The van der Waals surface area contributed by atoms with E-state index in [9.17, 15) is 0 Å². The summed E-state index contributed by atoms with van der Waals surface area (Å²) >= 11 is 0. The van der Waals surface area contributed by atoms with Crippen LogP contribution in [0.25, 0.3) is 0 Å². The van der Waals surface area contributed by atoms with Crippen LogP contribution in [-0.4, -0.2) is 60.3 Å². The Kier molecular flexibility index (Phi) is 7.34. The number of guanidine groups is 1. The van der Waals surface area contributed by atoms with Crippen LogP contribution < -0.4 is 5.32 Å². The molecule has 2 saturated heterocycles. The molecule has 1 N–H and O–H groups in total. The molecule has 0 aromatic carbocycles. The molecule has 1 spiro atoms. The zero-order chi connectivity index (χ0) is 16.1. The Hall–Kier alpha value is -0.830. The summed E-state index contributed by atoms with van der Waals surface area (Å²) in [6, 6.07) is 0. The summed E-state index contributed by atoms with van der Waals surface area (Å²) in [7, 11) is 1.88. The van der Waals surface area contributed by atoms with Crippen molar-refractivity contribution in [1.29, 1.82) is 0 Å². The number of unbranched alkanes of at least 4 members (excludes halogenated alkanes) is 1. The standard InChI is InChI=1S/C17H29N5O.HI/c1-15-19-8-11-21(15)9-4-3-7-20-16(18-2)22-10-5-17(13-22)6-12-23-14-17;/h8,11H,3-7,9-10,12-14H2,1-2H3,(H,18,20);1H. The van der Waals surface area contributed by atoms with Gasteiger partial charge in [0.1, 0.15) is 5.82 Å². The Labute approximate surface area is 162 Å². The molecule has 6 nitrogen and oxygen atoms in total. The maximum atomic E-state index is 5.61. The Balaban J connectivity index is 0.00000208. The zero-order valence-corrected chi connectivity index (χ0v) is 17.2. The number of nitrogens with zero attached hydrogens (tertiary/aromatic N) is 4. The number of likely N-dealkylation sites (tertiary alicyclic amines) is 1. The molecule has 2 fully saturated rings. The summed E-state index contributed by atoms with van der Waals surface area (Å²) < 4.78 is 7.82. The van der Waals surface area contributed by atoms with Gasteiger partial charge in [-0.15, -0.1) is 24.0 Å². The lowest BCUT2D eigenvalue weighted by Crippen LogP contribution is -2.41. The summed E-state index contributed by atoms with van der Waals surface area (Å²) in [5.74, 6) is 2.14. The molecule has 3 rings (SSSR count). The van der Waals surface area contributed by atoms with Crippen molar-refractivity contribution in [2.24, 2.45) is 10.4 Å². The number of hydrogen-bond donors (Lipinski definition) is 1. The van der Waals surface area contributed by atoms with Gasteiger partial charge in [-0.2, -0.15) is 0 Å². The maximum Gasteiger partial charge on any atom is 0.193 e. The van der Waals surface area contributed by atoms with Crippen LogP contribution >= 0.6 is 24.0 Å². The smallest absolute Gasteiger partial charge is 0.193 e. The second kappa shape index (κ2) is 9.03. The lowest BCUT2D eigenvalue weighted by Gasteiger charge is -2.25. The van der Waals surface area contributed by atoms with Gasteiger partial charge in [0, 0.05) is 57.6 Å². The summed E-state index contributed by atoms with van der Waals surface area (Å²) in [5.41, 5.74) is 0.385. The Morgan fingerprint density at radius 2 is 2.29 bits per heavy atom. The highest BCUT2D eigenvalue weighted by Gasteiger charge is 2.42. The van der Waals surface area contributed by atoms with Crippen molar-refractivity contribution in [1.82, 2.24) is 19.8 Å². The van der Waals surface area contributed by atoms with Crippen molar-refractivity contribution < 1.29 is 4.74 Å². The average Bonchev–Trinajstić information content (AvgIpc) is 3.28. The predicted molar refractivity (Wildman–Crippen MR) is 107 cm³/mol. The fourth-order valence-electron chi connectivity index (χ4n) is 3.67. The van der Waals surface area contributed by atoms with Crippen LogP contribution in [0.4, 0.5) is 0 Å². The van der Waals surface area contributed by atoms with E-state index in [1.54, 1.807) is 0 Å². The third kappa shape index (κ3) is 4.62. The molecule has 0 bridgehead atoms. The van der Waals surface area contributed by atoms with Crippen molar-refractivity contribution in [3.8, 4) is 0 Å². The number of nitrogens with one attached hydrogen (secondary N) is 1. The number of halogens is 1. The maximum absolute atomic E-state index is 5.61. The van der Waals surface area contributed by atoms with Crippen LogP contribution in [0.3, 0.4) is 0 Å².